The Balaban J connectivity index is 2.00. The van der Waals surface area contributed by atoms with Crippen molar-refractivity contribution >= 4 is 11.6 Å². The van der Waals surface area contributed by atoms with Crippen LogP contribution in [0.2, 0.25) is 0 Å². The van der Waals surface area contributed by atoms with Crippen molar-refractivity contribution in [2.45, 2.75) is 18.8 Å². The number of ether oxygens (including phenoxy) is 2. The van der Waals surface area contributed by atoms with Crippen molar-refractivity contribution in [2.75, 3.05) is 0 Å². The van der Waals surface area contributed by atoms with Gasteiger partial charge in [0.05, 0.1) is 29.0 Å². The van der Waals surface area contributed by atoms with Crippen LogP contribution in [0.1, 0.15) is 24.2 Å². The molecule has 0 saturated carbocycles. The smallest absolute Gasteiger partial charge is 0.269 e. The van der Waals surface area contributed by atoms with Gasteiger partial charge in [0.15, 0.2) is 5.41 Å². The molecule has 1 N–H and O–H groups in total. The number of hydrogen-bond donors (Lipinski definition) is 1. The lowest BCUT2D eigenvalue weighted by Crippen LogP contribution is -2.57. The molecule has 4 unspecified atom stereocenters. The number of nitrogens with one attached hydrogen (secondary N) is 1. The number of rotatable bonds is 3. The van der Waals surface area contributed by atoms with E-state index in [0.717, 1.165) is 0 Å². The Morgan fingerprint density at radius 3 is 2.16 bits per heavy atom. The van der Waals surface area contributed by atoms with Crippen molar-refractivity contribution in [3.8, 4) is 18.2 Å². The minimum atomic E-state index is -2.12. The van der Waals surface area contributed by atoms with Crippen molar-refractivity contribution in [2.24, 2.45) is 16.7 Å². The summed E-state index contributed by atoms with van der Waals surface area (Å²) in [4.78, 5) is 10.5. The minimum absolute atomic E-state index is 0.174. The van der Waals surface area contributed by atoms with Crippen LogP contribution in [0, 0.1) is 66.3 Å². The lowest BCUT2D eigenvalue weighted by Gasteiger charge is -2.48. The van der Waals surface area contributed by atoms with E-state index in [1.54, 1.807) is 37.3 Å². The maximum absolute atomic E-state index is 11.0. The van der Waals surface area contributed by atoms with Gasteiger partial charge in [-0.2, -0.15) is 15.8 Å². The lowest BCUT2D eigenvalue weighted by atomic mass is 9.53. The summed E-state index contributed by atoms with van der Waals surface area (Å²) in [5.74, 6) is -2.97. The van der Waals surface area contributed by atoms with E-state index in [1.165, 1.54) is 24.3 Å². The van der Waals surface area contributed by atoms with Crippen LogP contribution in [-0.2, 0) is 15.3 Å². The Bertz CT molecular complexity index is 1190. The molecule has 2 bridgehead atoms. The SMILES string of the molecule is CC1C2(c3ccccc3)OC(=N)C1(C#N)C(C#N)(C#N)C(c1ccc([N+](=O)[O-])cc1)O2. The summed E-state index contributed by atoms with van der Waals surface area (Å²) >= 11 is 0. The van der Waals surface area contributed by atoms with E-state index in [2.05, 4.69) is 0 Å². The molecule has 2 saturated heterocycles. The van der Waals surface area contributed by atoms with Gasteiger partial charge >= 0.3 is 0 Å². The molecule has 2 aromatic rings. The summed E-state index contributed by atoms with van der Waals surface area (Å²) in [6.45, 7) is 1.62. The number of nitrogens with zero attached hydrogens (tertiary/aromatic N) is 4. The molecule has 4 rings (SSSR count). The van der Waals surface area contributed by atoms with E-state index in [4.69, 9.17) is 14.9 Å². The molecule has 0 amide bonds. The normalized spacial score (nSPS) is 30.3. The van der Waals surface area contributed by atoms with Gasteiger partial charge in [-0.1, -0.05) is 37.3 Å². The Labute approximate surface area is 177 Å². The van der Waals surface area contributed by atoms with Crippen molar-refractivity contribution < 1.29 is 14.4 Å². The minimum Gasteiger partial charge on any atom is -0.443 e. The highest BCUT2D eigenvalue weighted by Gasteiger charge is 2.79. The van der Waals surface area contributed by atoms with E-state index in [1.807, 2.05) is 18.2 Å². The first kappa shape index (κ1) is 20.0. The van der Waals surface area contributed by atoms with Gasteiger partial charge in [0.25, 0.3) is 5.69 Å². The van der Waals surface area contributed by atoms with Gasteiger partial charge in [-0.3, -0.25) is 15.5 Å². The summed E-state index contributed by atoms with van der Waals surface area (Å²) in [7, 11) is 0. The number of benzene rings is 2. The average Bonchev–Trinajstić information content (AvgIpc) is 2.96. The van der Waals surface area contributed by atoms with E-state index in [-0.39, 0.29) is 5.69 Å². The number of non-ortho nitro benzene ring substituents is 1. The predicted octanol–water partition coefficient (Wildman–Crippen LogP) is 3.71. The summed E-state index contributed by atoms with van der Waals surface area (Å²) in [5.41, 5.74) is -3.40. The molecular weight excluding hydrogens is 398 g/mol. The Kier molecular flexibility index (Phi) is 4.29. The zero-order valence-electron chi connectivity index (χ0n) is 16.3. The Morgan fingerprint density at radius 2 is 1.65 bits per heavy atom. The Morgan fingerprint density at radius 1 is 1.03 bits per heavy atom. The average molecular weight is 413 g/mol. The second-order valence-corrected chi connectivity index (χ2v) is 7.48. The fraction of sp³-hybridized carbons (Fsp3) is 0.273. The third kappa shape index (κ3) is 2.28. The van der Waals surface area contributed by atoms with Gasteiger partial charge in [-0.25, -0.2) is 0 Å². The molecule has 0 aliphatic carbocycles. The first-order valence-electron chi connectivity index (χ1n) is 9.32. The third-order valence-electron chi connectivity index (χ3n) is 6.25. The van der Waals surface area contributed by atoms with Crippen LogP contribution in [-0.4, -0.2) is 10.8 Å². The van der Waals surface area contributed by atoms with Gasteiger partial charge in [-0.15, -0.1) is 0 Å². The number of nitro benzene ring substituents is 1. The highest BCUT2D eigenvalue weighted by atomic mass is 16.7. The molecule has 2 aliphatic rings. The molecule has 2 fully saturated rings. The molecule has 9 heteroatoms. The molecule has 2 heterocycles. The fourth-order valence-electron chi connectivity index (χ4n) is 4.61. The number of nitriles is 3. The van der Waals surface area contributed by atoms with Crippen molar-refractivity contribution in [3.05, 3.63) is 75.8 Å². The van der Waals surface area contributed by atoms with Gasteiger partial charge in [0.1, 0.15) is 6.10 Å². The quantitative estimate of drug-likeness (QED) is 0.593. The van der Waals surface area contributed by atoms with Crippen LogP contribution in [0.25, 0.3) is 0 Å². The first-order chi connectivity index (χ1) is 14.8. The molecule has 2 aromatic carbocycles. The van der Waals surface area contributed by atoms with E-state index in [9.17, 15) is 25.9 Å². The summed E-state index contributed by atoms with van der Waals surface area (Å²) < 4.78 is 12.2. The number of fused-ring (bicyclic) bond motifs is 2. The van der Waals surface area contributed by atoms with Gasteiger partial charge < -0.3 is 9.47 Å². The molecule has 0 spiro atoms. The van der Waals surface area contributed by atoms with Crippen molar-refractivity contribution in [1.29, 1.82) is 21.2 Å². The van der Waals surface area contributed by atoms with Crippen LogP contribution in [0.4, 0.5) is 5.69 Å². The molecule has 2 aliphatic heterocycles. The molecule has 152 valence electrons. The third-order valence-corrected chi connectivity index (χ3v) is 6.25. The fourth-order valence-corrected chi connectivity index (χ4v) is 4.61. The van der Waals surface area contributed by atoms with Crippen molar-refractivity contribution in [1.82, 2.24) is 0 Å². The zero-order valence-corrected chi connectivity index (χ0v) is 16.3. The van der Waals surface area contributed by atoms with Crippen LogP contribution in [0.3, 0.4) is 0 Å². The molecule has 31 heavy (non-hydrogen) atoms. The van der Waals surface area contributed by atoms with Crippen LogP contribution in [0.15, 0.2) is 54.6 Å². The van der Waals surface area contributed by atoms with Crippen LogP contribution in [0.5, 0.6) is 0 Å². The van der Waals surface area contributed by atoms with Gasteiger partial charge in [-0.05, 0) is 17.7 Å². The van der Waals surface area contributed by atoms with E-state index in [0.29, 0.717) is 11.1 Å². The highest BCUT2D eigenvalue weighted by molar-refractivity contribution is 5.89. The molecule has 0 radical (unpaired) electrons. The lowest BCUT2D eigenvalue weighted by molar-refractivity contribution is -0.384. The monoisotopic (exact) mass is 413 g/mol. The molecule has 0 aromatic heterocycles. The van der Waals surface area contributed by atoms with Crippen LogP contribution >= 0.6 is 0 Å². The molecular formula is C22H15N5O4. The first-order valence-corrected chi connectivity index (χ1v) is 9.32. The second kappa shape index (κ2) is 6.63. The summed E-state index contributed by atoms with van der Waals surface area (Å²) in [5, 5.41) is 50.1. The molecule has 9 nitrogen and oxygen atoms in total. The topological polar surface area (TPSA) is 157 Å². The maximum Gasteiger partial charge on any atom is 0.269 e. The maximum atomic E-state index is 11.0. The van der Waals surface area contributed by atoms with Crippen molar-refractivity contribution in [3.63, 3.8) is 0 Å². The summed E-state index contributed by atoms with van der Waals surface area (Å²) in [6.07, 6.45) is -1.30. The summed E-state index contributed by atoms with van der Waals surface area (Å²) in [6, 6.07) is 19.9. The largest absolute Gasteiger partial charge is 0.443 e. The van der Waals surface area contributed by atoms with Crippen LogP contribution < -0.4 is 0 Å². The number of hydrogen-bond acceptors (Lipinski definition) is 8. The van der Waals surface area contributed by atoms with Gasteiger partial charge in [0, 0.05) is 17.7 Å². The zero-order chi connectivity index (χ0) is 22.4. The number of nitro groups is 1. The highest BCUT2D eigenvalue weighted by Crippen LogP contribution is 2.68. The second-order valence-electron chi connectivity index (χ2n) is 7.48. The molecule has 4 atom stereocenters. The Hall–Kier alpha value is -4.26. The van der Waals surface area contributed by atoms with E-state index < -0.39 is 39.5 Å². The van der Waals surface area contributed by atoms with E-state index >= 15 is 0 Å². The predicted molar refractivity (Wildman–Crippen MR) is 105 cm³/mol. The standard InChI is InChI=1S/C22H15N5O4/c1-14-21(13-25)19(26)31-22(14,16-5-3-2-4-6-16)30-18(20(21,11-23)12-24)15-7-9-17(10-8-15)27(28)29/h2-10,14,18,26H,1H3. The van der Waals surface area contributed by atoms with Gasteiger partial charge in [0.2, 0.25) is 17.1 Å².